The molecule has 114 valence electrons. The van der Waals surface area contributed by atoms with E-state index in [2.05, 4.69) is 10.1 Å². The fourth-order valence-electron chi connectivity index (χ4n) is 2.16. The Hall–Kier alpha value is -2.89. The molecule has 0 saturated carbocycles. The van der Waals surface area contributed by atoms with Crippen molar-refractivity contribution in [2.45, 2.75) is 6.42 Å². The van der Waals surface area contributed by atoms with E-state index >= 15 is 0 Å². The van der Waals surface area contributed by atoms with Crippen LogP contribution < -0.4 is 11.1 Å². The van der Waals surface area contributed by atoms with Gasteiger partial charge in [-0.25, -0.2) is 9.18 Å². The second-order valence-electron chi connectivity index (χ2n) is 4.59. The topological polar surface area (TPSA) is 81.4 Å². The summed E-state index contributed by atoms with van der Waals surface area (Å²) in [6, 6.07) is 10.4. The number of nitrogens with one attached hydrogen (secondary N) is 1. The molecule has 0 aliphatic rings. The summed E-state index contributed by atoms with van der Waals surface area (Å²) >= 11 is 0. The number of esters is 1. The minimum atomic E-state index is -0.740. The second kappa shape index (κ2) is 6.71. The first-order valence-electron chi connectivity index (χ1n) is 6.51. The Balaban J connectivity index is 2.57. The molecule has 0 aliphatic carbocycles. The lowest BCUT2D eigenvalue weighted by molar-refractivity contribution is -0.105. The van der Waals surface area contributed by atoms with Gasteiger partial charge in [0.05, 0.1) is 24.0 Å². The minimum absolute atomic E-state index is 0.0300. The van der Waals surface area contributed by atoms with E-state index in [1.807, 2.05) is 30.3 Å². The number of ether oxygens (including phenoxy) is 1. The SMILES string of the molecule is COC(=O)c1cc(NC=O)c(N)c(F)c1Cc1ccccc1. The number of halogens is 1. The molecule has 0 unspecified atom stereocenters. The fraction of sp³-hybridized carbons (Fsp3) is 0.125. The van der Waals surface area contributed by atoms with Crippen molar-refractivity contribution in [1.82, 2.24) is 0 Å². The van der Waals surface area contributed by atoms with E-state index in [0.29, 0.717) is 6.41 Å². The van der Waals surface area contributed by atoms with E-state index in [-0.39, 0.29) is 28.9 Å². The number of benzene rings is 2. The molecule has 1 amide bonds. The molecule has 5 nitrogen and oxygen atoms in total. The molecule has 2 aromatic carbocycles. The number of amides is 1. The quantitative estimate of drug-likeness (QED) is 0.504. The zero-order valence-corrected chi connectivity index (χ0v) is 11.9. The molecule has 0 saturated heterocycles. The minimum Gasteiger partial charge on any atom is -0.465 e. The summed E-state index contributed by atoms with van der Waals surface area (Å²) in [6.45, 7) is 0. The highest BCUT2D eigenvalue weighted by molar-refractivity contribution is 5.95. The van der Waals surface area contributed by atoms with Gasteiger partial charge in [0.25, 0.3) is 0 Å². The molecular formula is C16H15FN2O3. The van der Waals surface area contributed by atoms with Crippen LogP contribution in [-0.2, 0) is 16.0 Å². The standard InChI is InChI=1S/C16H15FN2O3/c1-22-16(21)12-8-13(19-9-20)15(18)14(17)11(12)7-10-5-3-2-4-6-10/h2-6,8-9H,7,18H2,1H3,(H,19,20). The van der Waals surface area contributed by atoms with Crippen LogP contribution in [0, 0.1) is 5.82 Å². The molecule has 0 aromatic heterocycles. The first-order valence-corrected chi connectivity index (χ1v) is 6.51. The third-order valence-corrected chi connectivity index (χ3v) is 3.25. The van der Waals surface area contributed by atoms with Crippen molar-refractivity contribution in [2.24, 2.45) is 0 Å². The zero-order valence-electron chi connectivity index (χ0n) is 11.9. The van der Waals surface area contributed by atoms with Crippen molar-refractivity contribution < 1.29 is 18.7 Å². The summed E-state index contributed by atoms with van der Waals surface area (Å²) in [6.07, 6.45) is 0.547. The largest absolute Gasteiger partial charge is 0.465 e. The lowest BCUT2D eigenvalue weighted by Gasteiger charge is -2.14. The number of methoxy groups -OCH3 is 1. The summed E-state index contributed by atoms with van der Waals surface area (Å²) in [5, 5.41) is 2.27. The van der Waals surface area contributed by atoms with E-state index < -0.39 is 11.8 Å². The third-order valence-electron chi connectivity index (χ3n) is 3.25. The van der Waals surface area contributed by atoms with E-state index in [1.165, 1.54) is 13.2 Å². The summed E-state index contributed by atoms with van der Waals surface area (Å²) in [5.41, 5.74) is 6.48. The zero-order chi connectivity index (χ0) is 16.1. The van der Waals surface area contributed by atoms with Crippen LogP contribution >= 0.6 is 0 Å². The van der Waals surface area contributed by atoms with Crippen molar-refractivity contribution in [3.63, 3.8) is 0 Å². The number of carbonyl (C=O) groups excluding carboxylic acids is 2. The maximum Gasteiger partial charge on any atom is 0.338 e. The summed E-state index contributed by atoms with van der Waals surface area (Å²) < 4.78 is 19.2. The number of carbonyl (C=O) groups is 2. The first kappa shape index (κ1) is 15.5. The van der Waals surface area contributed by atoms with Crippen LogP contribution in [0.3, 0.4) is 0 Å². The van der Waals surface area contributed by atoms with E-state index in [9.17, 15) is 14.0 Å². The fourth-order valence-corrected chi connectivity index (χ4v) is 2.16. The van der Waals surface area contributed by atoms with Gasteiger partial charge in [0.2, 0.25) is 6.41 Å². The lowest BCUT2D eigenvalue weighted by atomic mass is 9.97. The molecule has 0 heterocycles. The van der Waals surface area contributed by atoms with Gasteiger partial charge in [-0.3, -0.25) is 4.79 Å². The summed E-state index contributed by atoms with van der Waals surface area (Å²) in [7, 11) is 1.20. The van der Waals surface area contributed by atoms with Crippen LogP contribution in [0.2, 0.25) is 0 Å². The van der Waals surface area contributed by atoms with Crippen LogP contribution in [0.4, 0.5) is 15.8 Å². The van der Waals surface area contributed by atoms with Gasteiger partial charge in [0.1, 0.15) is 0 Å². The molecule has 22 heavy (non-hydrogen) atoms. The van der Waals surface area contributed by atoms with Gasteiger partial charge >= 0.3 is 5.97 Å². The molecule has 0 fully saturated rings. The van der Waals surface area contributed by atoms with Gasteiger partial charge in [-0.05, 0) is 11.6 Å². The normalized spacial score (nSPS) is 10.1. The highest BCUT2D eigenvalue weighted by Gasteiger charge is 2.21. The summed E-state index contributed by atoms with van der Waals surface area (Å²) in [5.74, 6) is -1.44. The molecule has 0 radical (unpaired) electrons. The van der Waals surface area contributed by atoms with E-state index in [1.54, 1.807) is 0 Å². The van der Waals surface area contributed by atoms with Crippen molar-refractivity contribution in [1.29, 1.82) is 0 Å². The van der Waals surface area contributed by atoms with Gasteiger partial charge in [-0.2, -0.15) is 0 Å². The highest BCUT2D eigenvalue weighted by atomic mass is 19.1. The van der Waals surface area contributed by atoms with Crippen LogP contribution in [0.1, 0.15) is 21.5 Å². The number of nitrogens with two attached hydrogens (primary N) is 1. The molecular weight excluding hydrogens is 287 g/mol. The Bertz CT molecular complexity index is 702. The van der Waals surface area contributed by atoms with Gasteiger partial charge in [0, 0.05) is 12.0 Å². The first-order chi connectivity index (χ1) is 10.6. The molecule has 0 bridgehead atoms. The molecule has 0 spiro atoms. The maximum absolute atomic E-state index is 14.5. The number of anilines is 2. The van der Waals surface area contributed by atoms with Crippen LogP contribution in [0.15, 0.2) is 36.4 Å². The molecule has 2 rings (SSSR count). The monoisotopic (exact) mass is 302 g/mol. The Morgan fingerprint density at radius 1 is 1.36 bits per heavy atom. The van der Waals surface area contributed by atoms with Crippen LogP contribution in [0.25, 0.3) is 0 Å². The van der Waals surface area contributed by atoms with Gasteiger partial charge < -0.3 is 15.8 Å². The average molecular weight is 302 g/mol. The number of nitrogen functional groups attached to an aromatic ring is 1. The van der Waals surface area contributed by atoms with Crippen LogP contribution in [-0.4, -0.2) is 19.5 Å². The Morgan fingerprint density at radius 2 is 2.05 bits per heavy atom. The predicted octanol–water partition coefficient (Wildman–Crippen LogP) is 2.35. The average Bonchev–Trinajstić information content (AvgIpc) is 2.54. The Kier molecular flexibility index (Phi) is 4.73. The third kappa shape index (κ3) is 3.06. The van der Waals surface area contributed by atoms with E-state index in [0.717, 1.165) is 5.56 Å². The molecule has 3 N–H and O–H groups in total. The molecule has 6 heteroatoms. The number of hydrogen-bond acceptors (Lipinski definition) is 4. The maximum atomic E-state index is 14.5. The highest BCUT2D eigenvalue weighted by Crippen LogP contribution is 2.30. The summed E-state index contributed by atoms with van der Waals surface area (Å²) in [4.78, 5) is 22.5. The van der Waals surface area contributed by atoms with Gasteiger partial charge in [-0.1, -0.05) is 30.3 Å². The molecule has 2 aromatic rings. The molecule has 0 atom stereocenters. The Morgan fingerprint density at radius 3 is 2.64 bits per heavy atom. The smallest absolute Gasteiger partial charge is 0.338 e. The predicted molar refractivity (Wildman–Crippen MR) is 81.1 cm³/mol. The lowest BCUT2D eigenvalue weighted by Crippen LogP contribution is -2.13. The Labute approximate surface area is 126 Å². The number of rotatable bonds is 5. The second-order valence-corrected chi connectivity index (χ2v) is 4.59. The van der Waals surface area contributed by atoms with E-state index in [4.69, 9.17) is 5.73 Å². The molecule has 0 aliphatic heterocycles. The van der Waals surface area contributed by atoms with Crippen molar-refractivity contribution in [3.05, 3.63) is 58.9 Å². The van der Waals surface area contributed by atoms with Crippen molar-refractivity contribution in [2.75, 3.05) is 18.2 Å². The van der Waals surface area contributed by atoms with Crippen molar-refractivity contribution >= 4 is 23.8 Å². The number of hydrogen-bond donors (Lipinski definition) is 2. The van der Waals surface area contributed by atoms with Crippen molar-refractivity contribution in [3.8, 4) is 0 Å². The van der Waals surface area contributed by atoms with Gasteiger partial charge in [0.15, 0.2) is 5.82 Å². The van der Waals surface area contributed by atoms with Crippen LogP contribution in [0.5, 0.6) is 0 Å². The van der Waals surface area contributed by atoms with Gasteiger partial charge in [-0.15, -0.1) is 0 Å².